The Balaban J connectivity index is 2.03. The van der Waals surface area contributed by atoms with Gasteiger partial charge in [-0.3, -0.25) is 14.9 Å². The molecular formula is C16H12N2O4. The quantitative estimate of drug-likeness (QED) is 0.480. The van der Waals surface area contributed by atoms with Crippen LogP contribution in [0.1, 0.15) is 16.7 Å². The van der Waals surface area contributed by atoms with Crippen LogP contribution in [0.3, 0.4) is 0 Å². The molecule has 0 aromatic heterocycles. The highest BCUT2D eigenvalue weighted by Gasteiger charge is 2.16. The molecule has 6 nitrogen and oxygen atoms in total. The number of nitrogens with zero attached hydrogens (tertiary/aromatic N) is 2. The third kappa shape index (κ3) is 3.67. The predicted molar refractivity (Wildman–Crippen MR) is 77.8 cm³/mol. The molecule has 0 aliphatic rings. The number of nitriles is 1. The van der Waals surface area contributed by atoms with Gasteiger partial charge in [-0.25, -0.2) is 0 Å². The van der Waals surface area contributed by atoms with Crippen molar-refractivity contribution in [1.82, 2.24) is 0 Å². The van der Waals surface area contributed by atoms with Crippen molar-refractivity contribution < 1.29 is 14.5 Å². The summed E-state index contributed by atoms with van der Waals surface area (Å²) in [6, 6.07) is 14.8. The van der Waals surface area contributed by atoms with Crippen molar-refractivity contribution in [2.24, 2.45) is 0 Å². The number of para-hydroxylation sites is 1. The van der Waals surface area contributed by atoms with E-state index in [1.54, 1.807) is 30.3 Å². The SMILES string of the molecule is N#Cc1ccccc1COC(=O)Cc1ccccc1[N+](=O)[O-]. The van der Waals surface area contributed by atoms with Crippen molar-refractivity contribution in [2.45, 2.75) is 13.0 Å². The zero-order valence-corrected chi connectivity index (χ0v) is 11.6. The first-order valence-corrected chi connectivity index (χ1v) is 6.47. The summed E-state index contributed by atoms with van der Waals surface area (Å²) in [5, 5.41) is 19.8. The Kier molecular flexibility index (Phi) is 4.83. The predicted octanol–water partition coefficient (Wildman–Crippen LogP) is 2.75. The molecule has 110 valence electrons. The number of rotatable bonds is 5. The molecule has 0 unspecified atom stereocenters. The normalized spacial score (nSPS) is 9.77. The minimum Gasteiger partial charge on any atom is -0.461 e. The van der Waals surface area contributed by atoms with Crippen molar-refractivity contribution >= 4 is 11.7 Å². The number of benzene rings is 2. The smallest absolute Gasteiger partial charge is 0.310 e. The molecule has 6 heteroatoms. The molecule has 22 heavy (non-hydrogen) atoms. The van der Waals surface area contributed by atoms with Gasteiger partial charge in [0.2, 0.25) is 0 Å². The van der Waals surface area contributed by atoms with Crippen LogP contribution in [0.5, 0.6) is 0 Å². The first-order chi connectivity index (χ1) is 10.6. The average molecular weight is 296 g/mol. The number of hydrogen-bond acceptors (Lipinski definition) is 5. The van der Waals surface area contributed by atoms with E-state index in [0.29, 0.717) is 16.7 Å². The van der Waals surface area contributed by atoms with Crippen LogP contribution < -0.4 is 0 Å². The van der Waals surface area contributed by atoms with Gasteiger partial charge in [0, 0.05) is 17.2 Å². The molecule has 0 aliphatic carbocycles. The fourth-order valence-corrected chi connectivity index (χ4v) is 1.96. The van der Waals surface area contributed by atoms with Crippen LogP contribution in [-0.4, -0.2) is 10.9 Å². The summed E-state index contributed by atoms with van der Waals surface area (Å²) in [6.07, 6.45) is -0.189. The minimum absolute atomic E-state index is 0.0385. The second-order valence-corrected chi connectivity index (χ2v) is 4.49. The number of ether oxygens (including phenoxy) is 1. The molecule has 0 N–H and O–H groups in total. The molecule has 0 fully saturated rings. The minimum atomic E-state index is -0.581. The lowest BCUT2D eigenvalue weighted by Crippen LogP contribution is -2.10. The maximum atomic E-state index is 11.8. The lowest BCUT2D eigenvalue weighted by atomic mass is 10.1. The third-order valence-corrected chi connectivity index (χ3v) is 3.05. The Labute approximate surface area is 126 Å². The monoisotopic (exact) mass is 296 g/mol. The van der Waals surface area contributed by atoms with E-state index in [1.165, 1.54) is 18.2 Å². The van der Waals surface area contributed by atoms with E-state index in [2.05, 4.69) is 0 Å². The van der Waals surface area contributed by atoms with Gasteiger partial charge < -0.3 is 4.74 Å². The van der Waals surface area contributed by atoms with E-state index in [9.17, 15) is 14.9 Å². The highest BCUT2D eigenvalue weighted by Crippen LogP contribution is 2.18. The van der Waals surface area contributed by atoms with E-state index in [4.69, 9.17) is 10.00 Å². The fraction of sp³-hybridized carbons (Fsp3) is 0.125. The Morgan fingerprint density at radius 2 is 1.77 bits per heavy atom. The molecule has 0 atom stereocenters. The molecule has 0 saturated heterocycles. The highest BCUT2D eigenvalue weighted by molar-refractivity contribution is 5.74. The molecule has 0 radical (unpaired) electrons. The summed E-state index contributed by atoms with van der Waals surface area (Å²) >= 11 is 0. The lowest BCUT2D eigenvalue weighted by Gasteiger charge is -2.06. The van der Waals surface area contributed by atoms with Gasteiger partial charge >= 0.3 is 5.97 Å². The van der Waals surface area contributed by atoms with Gasteiger partial charge in [0.1, 0.15) is 6.61 Å². The molecule has 2 rings (SSSR count). The number of carbonyl (C=O) groups is 1. The van der Waals surface area contributed by atoms with Crippen molar-refractivity contribution in [3.8, 4) is 6.07 Å². The molecule has 0 amide bonds. The van der Waals surface area contributed by atoms with Crippen LogP contribution in [0.25, 0.3) is 0 Å². The van der Waals surface area contributed by atoms with Crippen molar-refractivity contribution in [3.63, 3.8) is 0 Å². The molecule has 2 aromatic carbocycles. The van der Waals surface area contributed by atoms with Gasteiger partial charge in [-0.1, -0.05) is 36.4 Å². The second-order valence-electron chi connectivity index (χ2n) is 4.49. The maximum Gasteiger partial charge on any atom is 0.310 e. The lowest BCUT2D eigenvalue weighted by molar-refractivity contribution is -0.385. The van der Waals surface area contributed by atoms with E-state index < -0.39 is 10.9 Å². The summed E-state index contributed by atoms with van der Waals surface area (Å²) in [4.78, 5) is 22.2. The van der Waals surface area contributed by atoms with E-state index in [-0.39, 0.29) is 18.7 Å². The van der Waals surface area contributed by atoms with Crippen LogP contribution >= 0.6 is 0 Å². The summed E-state index contributed by atoms with van der Waals surface area (Å²) in [5.41, 5.74) is 1.21. The fourth-order valence-electron chi connectivity index (χ4n) is 1.96. The van der Waals surface area contributed by atoms with Crippen LogP contribution in [-0.2, 0) is 22.6 Å². The van der Waals surface area contributed by atoms with Crippen LogP contribution in [0.2, 0.25) is 0 Å². The highest BCUT2D eigenvalue weighted by atomic mass is 16.6. The third-order valence-electron chi connectivity index (χ3n) is 3.05. The molecule has 0 aliphatic heterocycles. The van der Waals surface area contributed by atoms with E-state index in [1.807, 2.05) is 6.07 Å². The summed E-state index contributed by atoms with van der Waals surface area (Å²) in [6.45, 7) is -0.0385. The Bertz CT molecular complexity index is 750. The van der Waals surface area contributed by atoms with Crippen molar-refractivity contribution in [3.05, 3.63) is 75.3 Å². The summed E-state index contributed by atoms with van der Waals surface area (Å²) in [7, 11) is 0. The van der Waals surface area contributed by atoms with Crippen LogP contribution in [0, 0.1) is 21.4 Å². The molecule has 0 heterocycles. The van der Waals surface area contributed by atoms with Crippen molar-refractivity contribution in [1.29, 1.82) is 5.26 Å². The van der Waals surface area contributed by atoms with Gasteiger partial charge in [0.05, 0.1) is 23.0 Å². The molecule has 2 aromatic rings. The zero-order chi connectivity index (χ0) is 15.9. The van der Waals surface area contributed by atoms with Gasteiger partial charge in [0.15, 0.2) is 0 Å². The van der Waals surface area contributed by atoms with Crippen LogP contribution in [0.15, 0.2) is 48.5 Å². The number of carbonyl (C=O) groups excluding carboxylic acids is 1. The van der Waals surface area contributed by atoms with Crippen LogP contribution in [0.4, 0.5) is 5.69 Å². The van der Waals surface area contributed by atoms with Gasteiger partial charge in [-0.2, -0.15) is 5.26 Å². The van der Waals surface area contributed by atoms with Crippen molar-refractivity contribution in [2.75, 3.05) is 0 Å². The zero-order valence-electron chi connectivity index (χ0n) is 11.6. The molecule has 0 saturated carbocycles. The Morgan fingerprint density at radius 3 is 2.45 bits per heavy atom. The average Bonchev–Trinajstić information content (AvgIpc) is 2.53. The van der Waals surface area contributed by atoms with Gasteiger partial charge in [-0.05, 0) is 6.07 Å². The first kappa shape index (κ1) is 15.2. The number of hydrogen-bond donors (Lipinski definition) is 0. The standard InChI is InChI=1S/C16H12N2O4/c17-10-13-6-1-2-7-14(13)11-22-16(19)9-12-5-3-4-8-15(12)18(20)21/h1-8H,9,11H2. The second kappa shape index (κ2) is 6.99. The Hall–Kier alpha value is -3.20. The summed E-state index contributed by atoms with van der Waals surface area (Å²) < 4.78 is 5.10. The van der Waals surface area contributed by atoms with E-state index in [0.717, 1.165) is 0 Å². The number of nitro groups is 1. The van der Waals surface area contributed by atoms with Gasteiger partial charge in [0.25, 0.3) is 5.69 Å². The van der Waals surface area contributed by atoms with E-state index >= 15 is 0 Å². The van der Waals surface area contributed by atoms with Gasteiger partial charge in [-0.15, -0.1) is 0 Å². The maximum absolute atomic E-state index is 11.8. The first-order valence-electron chi connectivity index (χ1n) is 6.47. The molecular weight excluding hydrogens is 284 g/mol. The largest absolute Gasteiger partial charge is 0.461 e. The number of nitro benzene ring substituents is 1. The Morgan fingerprint density at radius 1 is 1.14 bits per heavy atom. The molecule has 0 bridgehead atoms. The topological polar surface area (TPSA) is 93.2 Å². The molecule has 0 spiro atoms. The number of esters is 1. The summed E-state index contributed by atoms with van der Waals surface area (Å²) in [5.74, 6) is -0.581.